The second kappa shape index (κ2) is 9.56. The number of carbonyl (C=O) groups excluding carboxylic acids is 3. The standard InChI is InChI=1S/C21H21FN2O4S/c1-2-10-28-17-8-6-16(7-9-17)24-20(26)12-18(21(24)27)29-13-19(25)23-15-5-3-4-14(22)11-15/h3-9,11,18H,2,10,12-13H2,1H3,(H,23,25)/t18-/m0/s1. The van der Waals surface area contributed by atoms with Gasteiger partial charge in [0.2, 0.25) is 17.7 Å². The molecule has 6 nitrogen and oxygen atoms in total. The Labute approximate surface area is 172 Å². The van der Waals surface area contributed by atoms with Crippen LogP contribution in [0, 0.1) is 5.82 Å². The summed E-state index contributed by atoms with van der Waals surface area (Å²) in [6, 6.07) is 12.3. The molecule has 0 spiro atoms. The van der Waals surface area contributed by atoms with Crippen LogP contribution in [-0.2, 0) is 14.4 Å². The van der Waals surface area contributed by atoms with Crippen LogP contribution in [-0.4, -0.2) is 35.3 Å². The Morgan fingerprint density at radius 2 is 2.00 bits per heavy atom. The first-order valence-corrected chi connectivity index (χ1v) is 10.3. The number of benzene rings is 2. The highest BCUT2D eigenvalue weighted by Gasteiger charge is 2.40. The third kappa shape index (κ3) is 5.35. The number of imide groups is 1. The number of carbonyl (C=O) groups is 3. The van der Waals surface area contributed by atoms with Gasteiger partial charge < -0.3 is 10.1 Å². The highest BCUT2D eigenvalue weighted by atomic mass is 32.2. The topological polar surface area (TPSA) is 75.7 Å². The number of amides is 3. The SMILES string of the molecule is CCCOc1ccc(N2C(=O)C[C@H](SCC(=O)Nc3cccc(F)c3)C2=O)cc1. The number of hydrogen-bond donors (Lipinski definition) is 1. The van der Waals surface area contributed by atoms with Crippen LogP contribution in [0.25, 0.3) is 0 Å². The minimum Gasteiger partial charge on any atom is -0.494 e. The maximum Gasteiger partial charge on any atom is 0.247 e. The summed E-state index contributed by atoms with van der Waals surface area (Å²) in [5.41, 5.74) is 0.826. The molecule has 0 bridgehead atoms. The summed E-state index contributed by atoms with van der Waals surface area (Å²) in [4.78, 5) is 38.2. The molecule has 1 aliphatic heterocycles. The third-order valence-corrected chi connectivity index (χ3v) is 5.40. The molecule has 8 heteroatoms. The molecule has 1 atom stereocenters. The van der Waals surface area contributed by atoms with E-state index >= 15 is 0 Å². The van der Waals surface area contributed by atoms with Gasteiger partial charge in [0.15, 0.2) is 0 Å². The fraction of sp³-hybridized carbons (Fsp3) is 0.286. The zero-order chi connectivity index (χ0) is 20.8. The van der Waals surface area contributed by atoms with Gasteiger partial charge in [-0.15, -0.1) is 11.8 Å². The van der Waals surface area contributed by atoms with E-state index in [2.05, 4.69) is 5.32 Å². The number of rotatable bonds is 8. The van der Waals surface area contributed by atoms with Crippen molar-refractivity contribution in [1.29, 1.82) is 0 Å². The Morgan fingerprint density at radius 1 is 1.24 bits per heavy atom. The van der Waals surface area contributed by atoms with Crippen LogP contribution in [0.2, 0.25) is 0 Å². The number of halogens is 1. The fourth-order valence-electron chi connectivity index (χ4n) is 2.86. The Bertz CT molecular complexity index is 904. The molecule has 1 fully saturated rings. The van der Waals surface area contributed by atoms with Crippen molar-refractivity contribution in [2.45, 2.75) is 25.0 Å². The normalized spacial score (nSPS) is 16.2. The lowest BCUT2D eigenvalue weighted by Gasteiger charge is -2.15. The zero-order valence-electron chi connectivity index (χ0n) is 15.9. The number of nitrogens with zero attached hydrogens (tertiary/aromatic N) is 1. The van der Waals surface area contributed by atoms with Crippen molar-refractivity contribution in [3.63, 3.8) is 0 Å². The minimum atomic E-state index is -0.628. The average Bonchev–Trinajstić information content (AvgIpc) is 2.98. The number of nitrogens with one attached hydrogen (secondary N) is 1. The van der Waals surface area contributed by atoms with E-state index in [0.717, 1.165) is 23.1 Å². The predicted molar refractivity (Wildman–Crippen MR) is 111 cm³/mol. The molecule has 1 N–H and O–H groups in total. The molecule has 2 aromatic rings. The van der Waals surface area contributed by atoms with Crippen LogP contribution in [0.3, 0.4) is 0 Å². The van der Waals surface area contributed by atoms with Crippen LogP contribution in [0.4, 0.5) is 15.8 Å². The molecule has 0 aliphatic carbocycles. The van der Waals surface area contributed by atoms with E-state index in [9.17, 15) is 18.8 Å². The monoisotopic (exact) mass is 416 g/mol. The van der Waals surface area contributed by atoms with Crippen molar-refractivity contribution < 1.29 is 23.5 Å². The van der Waals surface area contributed by atoms with Gasteiger partial charge in [-0.25, -0.2) is 9.29 Å². The molecule has 3 amide bonds. The van der Waals surface area contributed by atoms with Gasteiger partial charge in [0, 0.05) is 12.1 Å². The molecular formula is C21H21FN2O4S. The minimum absolute atomic E-state index is 0.0160. The molecule has 1 aliphatic rings. The lowest BCUT2D eigenvalue weighted by Crippen LogP contribution is -2.31. The quantitative estimate of drug-likeness (QED) is 0.666. The Hall–Kier alpha value is -2.87. The molecule has 0 radical (unpaired) electrons. The molecule has 0 unspecified atom stereocenters. The summed E-state index contributed by atoms with van der Waals surface area (Å²) in [6.07, 6.45) is 0.918. The van der Waals surface area contributed by atoms with Gasteiger partial charge in [-0.2, -0.15) is 0 Å². The van der Waals surface area contributed by atoms with Crippen LogP contribution in [0.5, 0.6) is 5.75 Å². The van der Waals surface area contributed by atoms with E-state index in [4.69, 9.17) is 4.74 Å². The summed E-state index contributed by atoms with van der Waals surface area (Å²) in [7, 11) is 0. The Balaban J connectivity index is 1.56. The van der Waals surface area contributed by atoms with Gasteiger partial charge in [-0.1, -0.05) is 13.0 Å². The van der Waals surface area contributed by atoms with E-state index in [1.54, 1.807) is 30.3 Å². The van der Waals surface area contributed by atoms with E-state index in [1.807, 2.05) is 6.92 Å². The van der Waals surface area contributed by atoms with Gasteiger partial charge in [-0.3, -0.25) is 14.4 Å². The molecule has 0 aromatic heterocycles. The van der Waals surface area contributed by atoms with E-state index < -0.39 is 11.1 Å². The summed E-state index contributed by atoms with van der Waals surface area (Å²) in [5.74, 6) is -0.807. The molecule has 1 saturated heterocycles. The summed E-state index contributed by atoms with van der Waals surface area (Å²) in [6.45, 7) is 2.60. The van der Waals surface area contributed by atoms with Crippen molar-refractivity contribution in [2.24, 2.45) is 0 Å². The van der Waals surface area contributed by atoms with Crippen molar-refractivity contribution in [3.05, 3.63) is 54.3 Å². The maximum absolute atomic E-state index is 13.2. The summed E-state index contributed by atoms with van der Waals surface area (Å²) in [5, 5.41) is 1.95. The summed E-state index contributed by atoms with van der Waals surface area (Å²) >= 11 is 1.10. The van der Waals surface area contributed by atoms with Gasteiger partial charge in [-0.05, 0) is 48.9 Å². The van der Waals surface area contributed by atoms with Crippen molar-refractivity contribution >= 4 is 40.9 Å². The summed E-state index contributed by atoms with van der Waals surface area (Å²) < 4.78 is 18.7. The molecule has 152 valence electrons. The van der Waals surface area contributed by atoms with Crippen molar-refractivity contribution in [2.75, 3.05) is 22.6 Å². The van der Waals surface area contributed by atoms with Gasteiger partial charge in [0.05, 0.1) is 23.3 Å². The van der Waals surface area contributed by atoms with Crippen LogP contribution in [0.1, 0.15) is 19.8 Å². The van der Waals surface area contributed by atoms with Crippen LogP contribution >= 0.6 is 11.8 Å². The Kier molecular flexibility index (Phi) is 6.87. The first-order chi connectivity index (χ1) is 14.0. The highest BCUT2D eigenvalue weighted by Crippen LogP contribution is 2.30. The zero-order valence-corrected chi connectivity index (χ0v) is 16.7. The molecule has 2 aromatic carbocycles. The second-order valence-electron chi connectivity index (χ2n) is 6.47. The van der Waals surface area contributed by atoms with Gasteiger partial charge >= 0.3 is 0 Å². The first-order valence-electron chi connectivity index (χ1n) is 9.24. The van der Waals surface area contributed by atoms with Crippen LogP contribution in [0.15, 0.2) is 48.5 Å². The molecule has 0 saturated carbocycles. The highest BCUT2D eigenvalue weighted by molar-refractivity contribution is 8.01. The van der Waals surface area contributed by atoms with E-state index in [1.165, 1.54) is 18.2 Å². The van der Waals surface area contributed by atoms with Crippen molar-refractivity contribution in [3.8, 4) is 5.75 Å². The number of thioether (sulfide) groups is 1. The van der Waals surface area contributed by atoms with E-state index in [0.29, 0.717) is 23.7 Å². The molecule has 1 heterocycles. The molecular weight excluding hydrogens is 395 g/mol. The smallest absolute Gasteiger partial charge is 0.247 e. The largest absolute Gasteiger partial charge is 0.494 e. The van der Waals surface area contributed by atoms with Gasteiger partial charge in [0.25, 0.3) is 0 Å². The first kappa shape index (κ1) is 20.9. The number of ether oxygens (including phenoxy) is 1. The average molecular weight is 416 g/mol. The predicted octanol–water partition coefficient (Wildman–Crippen LogP) is 3.62. The lowest BCUT2D eigenvalue weighted by atomic mass is 10.3. The van der Waals surface area contributed by atoms with E-state index in [-0.39, 0.29) is 29.9 Å². The van der Waals surface area contributed by atoms with Gasteiger partial charge in [0.1, 0.15) is 11.6 Å². The molecule has 29 heavy (non-hydrogen) atoms. The number of hydrogen-bond acceptors (Lipinski definition) is 5. The lowest BCUT2D eigenvalue weighted by molar-refractivity contribution is -0.121. The third-order valence-electron chi connectivity index (χ3n) is 4.20. The van der Waals surface area contributed by atoms with Crippen molar-refractivity contribution in [1.82, 2.24) is 0 Å². The number of anilines is 2. The Morgan fingerprint density at radius 3 is 2.69 bits per heavy atom. The molecule has 3 rings (SSSR count). The second-order valence-corrected chi connectivity index (χ2v) is 7.66. The maximum atomic E-state index is 13.2. The van der Waals surface area contributed by atoms with Crippen LogP contribution < -0.4 is 15.0 Å². The fourth-order valence-corrected chi connectivity index (χ4v) is 3.79.